The Balaban J connectivity index is 1.71. The Morgan fingerprint density at radius 2 is 1.72 bits per heavy atom. The second-order valence-electron chi connectivity index (χ2n) is 7.54. The minimum Gasteiger partial charge on any atom is -0.369 e. The largest absolute Gasteiger partial charge is 0.369 e. The van der Waals surface area contributed by atoms with Crippen molar-refractivity contribution < 1.29 is 4.39 Å². The lowest BCUT2D eigenvalue weighted by atomic mass is 10.1. The normalized spacial score (nSPS) is 17.7. The van der Waals surface area contributed by atoms with Crippen molar-refractivity contribution in [3.63, 3.8) is 0 Å². The van der Waals surface area contributed by atoms with Crippen LogP contribution in [-0.2, 0) is 5.54 Å². The number of rotatable bonds is 4. The summed E-state index contributed by atoms with van der Waals surface area (Å²) in [5.74, 6) is 0.743. The highest BCUT2D eigenvalue weighted by atomic mass is 19.1. The molecule has 7 heteroatoms. The number of aromatic nitrogens is 4. The first-order valence-corrected chi connectivity index (χ1v) is 8.93. The topological polar surface area (TPSA) is 50.1 Å². The van der Waals surface area contributed by atoms with Crippen LogP contribution in [-0.4, -0.2) is 51.3 Å². The van der Waals surface area contributed by atoms with Gasteiger partial charge in [-0.2, -0.15) is 0 Å². The van der Waals surface area contributed by atoms with Gasteiger partial charge in [0.2, 0.25) is 0 Å². The van der Waals surface area contributed by atoms with Crippen LogP contribution in [0.15, 0.2) is 24.3 Å². The molecule has 1 aromatic heterocycles. The summed E-state index contributed by atoms with van der Waals surface area (Å²) in [4.78, 5) is 4.75. The van der Waals surface area contributed by atoms with Crippen LogP contribution in [0.3, 0.4) is 0 Å². The Morgan fingerprint density at radius 3 is 2.28 bits per heavy atom. The summed E-state index contributed by atoms with van der Waals surface area (Å²) in [6, 6.07) is 6.96. The number of nitrogens with zero attached hydrogens (tertiary/aromatic N) is 6. The highest BCUT2D eigenvalue weighted by Crippen LogP contribution is 2.27. The maximum absolute atomic E-state index is 13.1. The number of hydrogen-bond acceptors (Lipinski definition) is 5. The van der Waals surface area contributed by atoms with Gasteiger partial charge in [0.25, 0.3) is 0 Å². The van der Waals surface area contributed by atoms with Crippen molar-refractivity contribution in [1.82, 2.24) is 25.1 Å². The summed E-state index contributed by atoms with van der Waals surface area (Å²) < 4.78 is 15.0. The summed E-state index contributed by atoms with van der Waals surface area (Å²) in [5.41, 5.74) is 0.941. The third kappa shape index (κ3) is 3.81. The standard InChI is InChI=1S/C18H27FN6/c1-5-16(17-20-21-22-25(17)18(2,3)4)24-12-10-23(11-13-24)15-8-6-14(19)7-9-15/h6-9,16H,5,10-13H2,1-4H3/t16-/m0/s1. The van der Waals surface area contributed by atoms with Crippen LogP contribution in [0.2, 0.25) is 0 Å². The molecule has 3 rings (SSSR count). The molecule has 136 valence electrons. The molecular formula is C18H27FN6. The van der Waals surface area contributed by atoms with Gasteiger partial charge in [-0.3, -0.25) is 4.90 Å². The molecule has 0 aliphatic carbocycles. The van der Waals surface area contributed by atoms with Crippen molar-refractivity contribution in [1.29, 1.82) is 0 Å². The lowest BCUT2D eigenvalue weighted by Crippen LogP contribution is -2.48. The average Bonchev–Trinajstić information content (AvgIpc) is 3.07. The zero-order valence-electron chi connectivity index (χ0n) is 15.5. The van der Waals surface area contributed by atoms with Gasteiger partial charge in [-0.25, -0.2) is 9.07 Å². The molecule has 0 amide bonds. The van der Waals surface area contributed by atoms with Gasteiger partial charge >= 0.3 is 0 Å². The van der Waals surface area contributed by atoms with Crippen molar-refractivity contribution >= 4 is 5.69 Å². The van der Waals surface area contributed by atoms with Crippen LogP contribution in [0.5, 0.6) is 0 Å². The second-order valence-corrected chi connectivity index (χ2v) is 7.54. The van der Waals surface area contributed by atoms with Gasteiger partial charge in [0.15, 0.2) is 5.82 Å². The molecule has 2 heterocycles. The van der Waals surface area contributed by atoms with E-state index in [1.54, 1.807) is 0 Å². The molecule has 1 aliphatic heterocycles. The van der Waals surface area contributed by atoms with Gasteiger partial charge in [-0.1, -0.05) is 6.92 Å². The van der Waals surface area contributed by atoms with Crippen LogP contribution in [0, 0.1) is 5.82 Å². The highest BCUT2D eigenvalue weighted by molar-refractivity contribution is 5.46. The zero-order valence-corrected chi connectivity index (χ0v) is 15.5. The number of anilines is 1. The van der Waals surface area contributed by atoms with E-state index in [-0.39, 0.29) is 17.4 Å². The fourth-order valence-electron chi connectivity index (χ4n) is 3.43. The Morgan fingerprint density at radius 1 is 1.08 bits per heavy atom. The van der Waals surface area contributed by atoms with E-state index >= 15 is 0 Å². The van der Waals surface area contributed by atoms with Crippen molar-refractivity contribution in [2.45, 2.75) is 45.7 Å². The lowest BCUT2D eigenvalue weighted by Gasteiger charge is -2.40. The SMILES string of the molecule is CC[C@@H](c1nnnn1C(C)(C)C)N1CCN(c2ccc(F)cc2)CC1. The van der Waals surface area contributed by atoms with Crippen LogP contribution in [0.25, 0.3) is 0 Å². The molecule has 1 fully saturated rings. The minimum atomic E-state index is -0.192. The minimum absolute atomic E-state index is 0.137. The van der Waals surface area contributed by atoms with Crippen LogP contribution in [0.4, 0.5) is 10.1 Å². The first-order valence-electron chi connectivity index (χ1n) is 8.93. The van der Waals surface area contributed by atoms with Gasteiger partial charge in [0, 0.05) is 31.9 Å². The van der Waals surface area contributed by atoms with E-state index < -0.39 is 0 Å². The third-order valence-corrected chi connectivity index (χ3v) is 4.76. The van der Waals surface area contributed by atoms with E-state index in [2.05, 4.69) is 53.0 Å². The molecule has 25 heavy (non-hydrogen) atoms. The van der Waals surface area contributed by atoms with Gasteiger partial charge in [0.05, 0.1) is 11.6 Å². The van der Waals surface area contributed by atoms with E-state index in [9.17, 15) is 4.39 Å². The average molecular weight is 346 g/mol. The Hall–Kier alpha value is -2.02. The fourth-order valence-corrected chi connectivity index (χ4v) is 3.43. The van der Waals surface area contributed by atoms with E-state index in [0.717, 1.165) is 44.1 Å². The quantitative estimate of drug-likeness (QED) is 0.852. The van der Waals surface area contributed by atoms with Gasteiger partial charge in [-0.15, -0.1) is 5.10 Å². The molecule has 1 aliphatic rings. The molecule has 0 bridgehead atoms. The van der Waals surface area contributed by atoms with Crippen molar-refractivity contribution in [3.05, 3.63) is 35.9 Å². The maximum Gasteiger partial charge on any atom is 0.168 e. The monoisotopic (exact) mass is 346 g/mol. The molecule has 0 radical (unpaired) electrons. The van der Waals surface area contributed by atoms with Crippen LogP contribution in [0.1, 0.15) is 46.0 Å². The number of tetrazole rings is 1. The molecule has 2 aromatic rings. The molecule has 0 N–H and O–H groups in total. The number of halogens is 1. The van der Waals surface area contributed by atoms with Gasteiger partial charge in [0.1, 0.15) is 5.82 Å². The molecule has 0 spiro atoms. The predicted octanol–water partition coefficient (Wildman–Crippen LogP) is 2.84. The van der Waals surface area contributed by atoms with E-state index in [4.69, 9.17) is 0 Å². The number of hydrogen-bond donors (Lipinski definition) is 0. The van der Waals surface area contributed by atoms with E-state index in [1.807, 2.05) is 16.8 Å². The van der Waals surface area contributed by atoms with E-state index in [1.165, 1.54) is 12.1 Å². The van der Waals surface area contributed by atoms with Crippen molar-refractivity contribution in [2.24, 2.45) is 0 Å². The Labute approximate surface area is 148 Å². The summed E-state index contributed by atoms with van der Waals surface area (Å²) in [6.07, 6.45) is 0.965. The number of benzene rings is 1. The zero-order chi connectivity index (χ0) is 18.0. The van der Waals surface area contributed by atoms with Gasteiger partial charge in [-0.05, 0) is 61.9 Å². The van der Waals surface area contributed by atoms with Crippen molar-refractivity contribution in [2.75, 3.05) is 31.1 Å². The Bertz CT molecular complexity index is 682. The molecule has 6 nitrogen and oxygen atoms in total. The maximum atomic E-state index is 13.1. The molecular weight excluding hydrogens is 319 g/mol. The van der Waals surface area contributed by atoms with Gasteiger partial charge < -0.3 is 4.90 Å². The summed E-state index contributed by atoms with van der Waals surface area (Å²) >= 11 is 0. The van der Waals surface area contributed by atoms with Crippen LogP contribution < -0.4 is 4.90 Å². The summed E-state index contributed by atoms with van der Waals surface area (Å²) in [5, 5.41) is 12.4. The fraction of sp³-hybridized carbons (Fsp3) is 0.611. The third-order valence-electron chi connectivity index (χ3n) is 4.76. The molecule has 1 atom stereocenters. The first-order chi connectivity index (χ1) is 11.9. The molecule has 0 saturated carbocycles. The second kappa shape index (κ2) is 7.07. The number of piperazine rings is 1. The highest BCUT2D eigenvalue weighted by Gasteiger charge is 2.30. The molecule has 1 saturated heterocycles. The first kappa shape index (κ1) is 17.8. The summed E-state index contributed by atoms with van der Waals surface area (Å²) in [6.45, 7) is 12.2. The predicted molar refractivity (Wildman–Crippen MR) is 96.0 cm³/mol. The molecule has 1 aromatic carbocycles. The van der Waals surface area contributed by atoms with Crippen LogP contribution >= 0.6 is 0 Å². The molecule has 0 unspecified atom stereocenters. The van der Waals surface area contributed by atoms with E-state index in [0.29, 0.717) is 0 Å². The lowest BCUT2D eigenvalue weighted by molar-refractivity contribution is 0.161. The summed E-state index contributed by atoms with van der Waals surface area (Å²) in [7, 11) is 0. The van der Waals surface area contributed by atoms with Crippen molar-refractivity contribution in [3.8, 4) is 0 Å². The smallest absolute Gasteiger partial charge is 0.168 e. The Kier molecular flexibility index (Phi) is 5.03.